The normalized spacial score (nSPS) is 23.1. The Balaban J connectivity index is 1.97. The maximum atomic E-state index is 13.0. The number of nitro benzene ring substituents is 1. The molecule has 0 atom stereocenters. The van der Waals surface area contributed by atoms with Gasteiger partial charge in [0.1, 0.15) is 11.5 Å². The summed E-state index contributed by atoms with van der Waals surface area (Å²) in [6.07, 6.45) is 3.15. The van der Waals surface area contributed by atoms with E-state index < -0.39 is 10.7 Å². The molecule has 5 nitrogen and oxygen atoms in total. The topological polar surface area (TPSA) is 75.4 Å². The third kappa shape index (κ3) is 3.64. The lowest BCUT2D eigenvalue weighted by molar-refractivity contribution is -0.384. The third-order valence-electron chi connectivity index (χ3n) is 3.55. The second-order valence-corrected chi connectivity index (χ2v) is 4.97. The molecule has 1 aliphatic carbocycles. The van der Waals surface area contributed by atoms with Crippen molar-refractivity contribution in [2.24, 2.45) is 5.92 Å². The molecule has 2 rings (SSSR count). The number of hydrogen-bond donors (Lipinski definition) is 2. The summed E-state index contributed by atoms with van der Waals surface area (Å²) in [6, 6.07) is 3.53. The van der Waals surface area contributed by atoms with Crippen LogP contribution in [0.4, 0.5) is 15.8 Å². The highest BCUT2D eigenvalue weighted by atomic mass is 19.1. The summed E-state index contributed by atoms with van der Waals surface area (Å²) in [5.41, 5.74) is 0.105. The average Bonchev–Trinajstić information content (AvgIpc) is 2.39. The number of hydrogen-bond acceptors (Lipinski definition) is 4. The van der Waals surface area contributed by atoms with Crippen LogP contribution in [-0.4, -0.2) is 22.7 Å². The molecule has 0 radical (unpaired) electrons. The maximum absolute atomic E-state index is 13.0. The molecule has 0 heterocycles. The van der Waals surface area contributed by atoms with Crippen molar-refractivity contribution >= 4 is 11.4 Å². The summed E-state index contributed by atoms with van der Waals surface area (Å²) < 4.78 is 13.0. The van der Waals surface area contributed by atoms with E-state index in [1.165, 1.54) is 12.1 Å². The van der Waals surface area contributed by atoms with Gasteiger partial charge in [-0.25, -0.2) is 4.39 Å². The van der Waals surface area contributed by atoms with Crippen LogP contribution in [0.5, 0.6) is 0 Å². The number of nitro groups is 1. The Kier molecular flexibility index (Phi) is 4.31. The van der Waals surface area contributed by atoms with Gasteiger partial charge in [-0.1, -0.05) is 0 Å². The zero-order valence-electron chi connectivity index (χ0n) is 10.5. The van der Waals surface area contributed by atoms with Gasteiger partial charge in [0.25, 0.3) is 5.69 Å². The Bertz CT molecular complexity index is 459. The summed E-state index contributed by atoms with van der Waals surface area (Å²) in [5, 5.41) is 23.3. The largest absolute Gasteiger partial charge is 0.393 e. The Morgan fingerprint density at radius 2 is 2.05 bits per heavy atom. The second-order valence-electron chi connectivity index (χ2n) is 4.97. The van der Waals surface area contributed by atoms with Crippen molar-refractivity contribution in [3.05, 3.63) is 34.1 Å². The minimum atomic E-state index is -0.613. The molecule has 19 heavy (non-hydrogen) atoms. The highest BCUT2D eigenvalue weighted by Crippen LogP contribution is 2.28. The van der Waals surface area contributed by atoms with E-state index in [1.807, 2.05) is 0 Å². The predicted octanol–water partition coefficient (Wildman–Crippen LogP) is 2.70. The first kappa shape index (κ1) is 13.7. The fraction of sp³-hybridized carbons (Fsp3) is 0.538. The first-order chi connectivity index (χ1) is 9.06. The number of anilines is 1. The van der Waals surface area contributed by atoms with E-state index in [9.17, 15) is 19.6 Å². The van der Waals surface area contributed by atoms with Crippen LogP contribution in [-0.2, 0) is 0 Å². The van der Waals surface area contributed by atoms with Crippen molar-refractivity contribution in [1.29, 1.82) is 0 Å². The minimum absolute atomic E-state index is 0.212. The summed E-state index contributed by atoms with van der Waals surface area (Å²) in [6.45, 7) is 0.610. The number of rotatable bonds is 4. The number of aliphatic hydroxyl groups excluding tert-OH is 1. The van der Waals surface area contributed by atoms with Crippen molar-refractivity contribution in [1.82, 2.24) is 0 Å². The molecular weight excluding hydrogens is 251 g/mol. The van der Waals surface area contributed by atoms with E-state index in [4.69, 9.17) is 0 Å². The molecule has 1 aromatic rings. The third-order valence-corrected chi connectivity index (χ3v) is 3.55. The van der Waals surface area contributed by atoms with Crippen molar-refractivity contribution in [2.45, 2.75) is 31.8 Å². The molecule has 2 N–H and O–H groups in total. The Labute approximate surface area is 110 Å². The fourth-order valence-corrected chi connectivity index (χ4v) is 2.41. The lowest BCUT2D eigenvalue weighted by atomic mass is 9.87. The molecular formula is C13H17FN2O3. The molecule has 0 bridgehead atoms. The molecule has 104 valence electrons. The van der Waals surface area contributed by atoms with Crippen LogP contribution in [0.1, 0.15) is 25.7 Å². The zero-order chi connectivity index (χ0) is 13.8. The molecule has 1 aromatic carbocycles. The molecule has 1 fully saturated rings. The van der Waals surface area contributed by atoms with Crippen LogP contribution in [0, 0.1) is 21.8 Å². The van der Waals surface area contributed by atoms with E-state index in [-0.39, 0.29) is 11.8 Å². The maximum Gasteiger partial charge on any atom is 0.295 e. The van der Waals surface area contributed by atoms with Crippen molar-refractivity contribution in [2.75, 3.05) is 11.9 Å². The SMILES string of the molecule is O=[N+]([O-])c1cc(F)ccc1NCC1CCC(O)CC1. The summed E-state index contributed by atoms with van der Waals surface area (Å²) >= 11 is 0. The summed E-state index contributed by atoms with van der Waals surface area (Å²) in [4.78, 5) is 10.2. The predicted molar refractivity (Wildman–Crippen MR) is 69.5 cm³/mol. The first-order valence-electron chi connectivity index (χ1n) is 6.42. The van der Waals surface area contributed by atoms with E-state index >= 15 is 0 Å². The average molecular weight is 268 g/mol. The van der Waals surface area contributed by atoms with Gasteiger partial charge in [-0.2, -0.15) is 0 Å². The quantitative estimate of drug-likeness (QED) is 0.650. The van der Waals surface area contributed by atoms with Crippen LogP contribution in [0.25, 0.3) is 0 Å². The highest BCUT2D eigenvalue weighted by molar-refractivity contribution is 5.61. The van der Waals surface area contributed by atoms with Gasteiger partial charge in [-0.05, 0) is 43.7 Å². The summed E-state index contributed by atoms with van der Waals surface area (Å²) in [7, 11) is 0. The van der Waals surface area contributed by atoms with Crippen LogP contribution >= 0.6 is 0 Å². The van der Waals surface area contributed by atoms with Crippen molar-refractivity contribution < 1.29 is 14.4 Å². The standard InChI is InChI=1S/C13H17FN2O3/c14-10-3-6-12(13(7-10)16(18)19)15-8-9-1-4-11(17)5-2-9/h3,6-7,9,11,15,17H,1-2,4-5,8H2. The lowest BCUT2D eigenvalue weighted by Gasteiger charge is -2.25. The Morgan fingerprint density at radius 1 is 1.37 bits per heavy atom. The van der Waals surface area contributed by atoms with Crippen LogP contribution < -0.4 is 5.32 Å². The Morgan fingerprint density at radius 3 is 2.68 bits per heavy atom. The molecule has 1 saturated carbocycles. The number of aliphatic hydroxyl groups is 1. The molecule has 0 amide bonds. The van der Waals surface area contributed by atoms with E-state index in [0.29, 0.717) is 18.2 Å². The molecule has 0 saturated heterocycles. The van der Waals surface area contributed by atoms with Gasteiger partial charge >= 0.3 is 0 Å². The van der Waals surface area contributed by atoms with Gasteiger partial charge in [0, 0.05) is 6.54 Å². The molecule has 6 heteroatoms. The van der Waals surface area contributed by atoms with Gasteiger partial charge in [0.2, 0.25) is 0 Å². The van der Waals surface area contributed by atoms with Gasteiger partial charge in [0.15, 0.2) is 0 Å². The minimum Gasteiger partial charge on any atom is -0.393 e. The fourth-order valence-electron chi connectivity index (χ4n) is 2.41. The number of nitrogens with one attached hydrogen (secondary N) is 1. The van der Waals surface area contributed by atoms with E-state index in [2.05, 4.69) is 5.32 Å². The highest BCUT2D eigenvalue weighted by Gasteiger charge is 2.20. The van der Waals surface area contributed by atoms with Gasteiger partial charge in [0.05, 0.1) is 17.1 Å². The number of benzene rings is 1. The smallest absolute Gasteiger partial charge is 0.295 e. The van der Waals surface area contributed by atoms with Gasteiger partial charge < -0.3 is 10.4 Å². The molecule has 0 unspecified atom stereocenters. The molecule has 1 aliphatic rings. The molecule has 0 aromatic heterocycles. The van der Waals surface area contributed by atoms with Gasteiger partial charge in [-0.3, -0.25) is 10.1 Å². The lowest BCUT2D eigenvalue weighted by Crippen LogP contribution is -2.23. The number of halogens is 1. The summed E-state index contributed by atoms with van der Waals surface area (Å²) in [5.74, 6) is -0.217. The van der Waals surface area contributed by atoms with Crippen molar-refractivity contribution in [3.8, 4) is 0 Å². The monoisotopic (exact) mass is 268 g/mol. The zero-order valence-corrected chi connectivity index (χ0v) is 10.5. The van der Waals surface area contributed by atoms with Crippen LogP contribution in [0.15, 0.2) is 18.2 Å². The molecule has 0 aliphatic heterocycles. The first-order valence-corrected chi connectivity index (χ1v) is 6.42. The molecule has 0 spiro atoms. The van der Waals surface area contributed by atoms with Crippen LogP contribution in [0.2, 0.25) is 0 Å². The van der Waals surface area contributed by atoms with E-state index in [0.717, 1.165) is 31.7 Å². The van der Waals surface area contributed by atoms with Crippen LogP contribution in [0.3, 0.4) is 0 Å². The van der Waals surface area contributed by atoms with Crippen molar-refractivity contribution in [3.63, 3.8) is 0 Å². The Hall–Kier alpha value is -1.69. The van der Waals surface area contributed by atoms with Gasteiger partial charge in [-0.15, -0.1) is 0 Å². The number of nitrogens with zero attached hydrogens (tertiary/aromatic N) is 1. The second kappa shape index (κ2) is 5.97. The van der Waals surface area contributed by atoms with E-state index in [1.54, 1.807) is 0 Å².